The standard InChI is InChI=1S/C23H12BrNO7/c24-17-10-9-16(30-17)20-21(19(27)14-7-3-4-8-15(14)31-20)32-18(26)11-25-22(28)12-5-1-2-6-13(12)23(25)29/h1-10H,11H2. The molecule has 9 heteroatoms. The monoisotopic (exact) mass is 493 g/mol. The van der Waals surface area contributed by atoms with Crippen LogP contribution in [0.4, 0.5) is 0 Å². The highest BCUT2D eigenvalue weighted by atomic mass is 79.9. The number of benzene rings is 2. The lowest BCUT2D eigenvalue weighted by atomic mass is 10.1. The lowest BCUT2D eigenvalue weighted by molar-refractivity contribution is -0.134. The van der Waals surface area contributed by atoms with Crippen LogP contribution in [0.25, 0.3) is 22.5 Å². The first-order valence-corrected chi connectivity index (χ1v) is 10.2. The number of ether oxygens (including phenoxy) is 1. The molecule has 0 N–H and O–H groups in total. The Kier molecular flexibility index (Phi) is 4.75. The van der Waals surface area contributed by atoms with Crippen LogP contribution < -0.4 is 10.2 Å². The number of carbonyl (C=O) groups excluding carboxylic acids is 3. The Bertz CT molecular complexity index is 1450. The van der Waals surface area contributed by atoms with Crippen LogP contribution in [0.15, 0.2) is 79.0 Å². The Morgan fingerprint density at radius 3 is 2.19 bits per heavy atom. The van der Waals surface area contributed by atoms with Crippen molar-refractivity contribution in [3.8, 4) is 17.3 Å². The fraction of sp³-hybridized carbons (Fsp3) is 0.0435. The lowest BCUT2D eigenvalue weighted by Gasteiger charge is -2.13. The number of halogens is 1. The van der Waals surface area contributed by atoms with Crippen LogP contribution in [0.2, 0.25) is 0 Å². The molecule has 0 radical (unpaired) electrons. The fourth-order valence-electron chi connectivity index (χ4n) is 3.47. The number of furan rings is 1. The van der Waals surface area contributed by atoms with Gasteiger partial charge in [0.05, 0.1) is 16.5 Å². The van der Waals surface area contributed by atoms with Crippen molar-refractivity contribution in [1.29, 1.82) is 0 Å². The minimum absolute atomic E-state index is 0.0879. The van der Waals surface area contributed by atoms with Crippen LogP contribution in [0.5, 0.6) is 5.75 Å². The predicted molar refractivity (Wildman–Crippen MR) is 115 cm³/mol. The van der Waals surface area contributed by atoms with Crippen LogP contribution in [0.3, 0.4) is 0 Å². The second-order valence-electron chi connectivity index (χ2n) is 6.91. The number of imide groups is 1. The highest BCUT2D eigenvalue weighted by Crippen LogP contribution is 2.33. The average molecular weight is 494 g/mol. The maximum absolute atomic E-state index is 13.1. The van der Waals surface area contributed by atoms with Crippen LogP contribution in [0, 0.1) is 0 Å². The van der Waals surface area contributed by atoms with Crippen molar-refractivity contribution < 1.29 is 28.0 Å². The van der Waals surface area contributed by atoms with Crippen molar-refractivity contribution in [3.63, 3.8) is 0 Å². The Morgan fingerprint density at radius 1 is 0.875 bits per heavy atom. The third kappa shape index (κ3) is 3.23. The molecule has 0 spiro atoms. The van der Waals surface area contributed by atoms with Crippen LogP contribution in [-0.4, -0.2) is 29.2 Å². The molecule has 0 unspecified atom stereocenters. The van der Waals surface area contributed by atoms with Gasteiger partial charge in [0, 0.05) is 0 Å². The van der Waals surface area contributed by atoms with E-state index in [1.807, 2.05) is 0 Å². The summed E-state index contributed by atoms with van der Waals surface area (Å²) in [4.78, 5) is 51.6. The summed E-state index contributed by atoms with van der Waals surface area (Å²) in [6.45, 7) is -0.667. The number of hydrogen-bond donors (Lipinski definition) is 0. The zero-order valence-electron chi connectivity index (χ0n) is 16.2. The second-order valence-corrected chi connectivity index (χ2v) is 7.69. The van der Waals surface area contributed by atoms with E-state index in [1.54, 1.807) is 42.5 Å². The Morgan fingerprint density at radius 2 is 1.53 bits per heavy atom. The molecule has 3 heterocycles. The zero-order valence-corrected chi connectivity index (χ0v) is 17.7. The van der Waals surface area contributed by atoms with E-state index < -0.39 is 35.5 Å². The molecule has 0 saturated carbocycles. The molecule has 8 nitrogen and oxygen atoms in total. The third-order valence-electron chi connectivity index (χ3n) is 4.93. The van der Waals surface area contributed by atoms with E-state index in [0.717, 1.165) is 4.90 Å². The fourth-order valence-corrected chi connectivity index (χ4v) is 3.78. The summed E-state index contributed by atoms with van der Waals surface area (Å²) in [7, 11) is 0. The Balaban J connectivity index is 1.51. The number of amides is 2. The summed E-state index contributed by atoms with van der Waals surface area (Å²) >= 11 is 3.18. The van der Waals surface area contributed by atoms with Crippen molar-refractivity contribution in [2.24, 2.45) is 0 Å². The Labute approximate surface area is 188 Å². The number of nitrogens with zero attached hydrogens (tertiary/aromatic N) is 1. The molecule has 0 fully saturated rings. The van der Waals surface area contributed by atoms with Gasteiger partial charge in [-0.05, 0) is 52.3 Å². The lowest BCUT2D eigenvalue weighted by Crippen LogP contribution is -2.37. The smallest absolute Gasteiger partial charge is 0.331 e. The summed E-state index contributed by atoms with van der Waals surface area (Å²) in [5.74, 6) is -2.52. The van der Waals surface area contributed by atoms with Gasteiger partial charge in [-0.25, -0.2) is 4.79 Å². The van der Waals surface area contributed by atoms with Crippen molar-refractivity contribution in [2.75, 3.05) is 6.54 Å². The number of carbonyl (C=O) groups is 3. The first kappa shape index (κ1) is 20.0. The maximum Gasteiger partial charge on any atom is 0.331 e. The van der Waals surface area contributed by atoms with Crippen LogP contribution >= 0.6 is 15.9 Å². The molecule has 2 amide bonds. The maximum atomic E-state index is 13.1. The van der Waals surface area contributed by atoms with Gasteiger partial charge >= 0.3 is 5.97 Å². The SMILES string of the molecule is O=C(CN1C(=O)c2ccccc2C1=O)Oc1c(-c2ccc(Br)o2)oc2ccccc2c1=O. The van der Waals surface area contributed by atoms with Gasteiger partial charge in [-0.15, -0.1) is 0 Å². The number of hydrogen-bond acceptors (Lipinski definition) is 7. The van der Waals surface area contributed by atoms with Gasteiger partial charge in [0.25, 0.3) is 11.8 Å². The van der Waals surface area contributed by atoms with E-state index in [9.17, 15) is 19.2 Å². The predicted octanol–water partition coefficient (Wildman–Crippen LogP) is 4.02. The minimum Gasteiger partial charge on any atom is -0.449 e. The van der Waals surface area contributed by atoms with Gasteiger partial charge in [-0.1, -0.05) is 24.3 Å². The molecule has 32 heavy (non-hydrogen) atoms. The molecule has 4 aromatic rings. The third-order valence-corrected chi connectivity index (χ3v) is 5.36. The van der Waals surface area contributed by atoms with Crippen molar-refractivity contribution in [3.05, 3.63) is 86.7 Å². The highest BCUT2D eigenvalue weighted by molar-refractivity contribution is 9.10. The molecular weight excluding hydrogens is 482 g/mol. The van der Waals surface area contributed by atoms with E-state index in [0.29, 0.717) is 4.67 Å². The van der Waals surface area contributed by atoms with E-state index in [2.05, 4.69) is 15.9 Å². The van der Waals surface area contributed by atoms with Crippen molar-refractivity contribution >= 4 is 44.7 Å². The van der Waals surface area contributed by atoms with E-state index in [1.165, 1.54) is 18.2 Å². The summed E-state index contributed by atoms with van der Waals surface area (Å²) in [6, 6.07) is 15.9. The van der Waals surface area contributed by atoms with E-state index >= 15 is 0 Å². The summed E-state index contributed by atoms with van der Waals surface area (Å²) in [5, 5.41) is 0.199. The van der Waals surface area contributed by atoms with Crippen LogP contribution in [-0.2, 0) is 4.79 Å². The first-order valence-electron chi connectivity index (χ1n) is 9.41. The molecular formula is C23H12BrNO7. The normalized spacial score (nSPS) is 13.0. The van der Waals surface area contributed by atoms with Crippen LogP contribution in [0.1, 0.15) is 20.7 Å². The minimum atomic E-state index is -0.978. The average Bonchev–Trinajstić information content (AvgIpc) is 3.33. The van der Waals surface area contributed by atoms with Gasteiger partial charge in [-0.3, -0.25) is 19.3 Å². The summed E-state index contributed by atoms with van der Waals surface area (Å²) in [5.41, 5.74) is 0.0959. The zero-order chi connectivity index (χ0) is 22.4. The molecule has 2 aromatic carbocycles. The number of esters is 1. The topological polar surface area (TPSA) is 107 Å². The van der Waals surface area contributed by atoms with E-state index in [4.69, 9.17) is 13.6 Å². The molecule has 158 valence electrons. The van der Waals surface area contributed by atoms with Gasteiger partial charge in [0.1, 0.15) is 12.1 Å². The molecule has 0 saturated heterocycles. The number of fused-ring (bicyclic) bond motifs is 2. The van der Waals surface area contributed by atoms with Gasteiger partial charge in [0.2, 0.25) is 16.9 Å². The molecule has 5 rings (SSSR count). The summed E-state index contributed by atoms with van der Waals surface area (Å²) in [6.07, 6.45) is 0. The molecule has 1 aliphatic heterocycles. The molecule has 0 atom stereocenters. The molecule has 2 aromatic heterocycles. The molecule has 1 aliphatic rings. The molecule has 0 aliphatic carbocycles. The quantitative estimate of drug-likeness (QED) is 0.312. The Hall–Kier alpha value is -3.98. The molecule has 0 bridgehead atoms. The number of rotatable bonds is 4. The van der Waals surface area contributed by atoms with Crippen molar-refractivity contribution in [2.45, 2.75) is 0 Å². The van der Waals surface area contributed by atoms with Gasteiger partial charge in [-0.2, -0.15) is 0 Å². The first-order chi connectivity index (χ1) is 15.4. The highest BCUT2D eigenvalue weighted by Gasteiger charge is 2.37. The van der Waals surface area contributed by atoms with Gasteiger partial charge < -0.3 is 13.6 Å². The van der Waals surface area contributed by atoms with Crippen molar-refractivity contribution in [1.82, 2.24) is 4.90 Å². The van der Waals surface area contributed by atoms with E-state index in [-0.39, 0.29) is 33.6 Å². The largest absolute Gasteiger partial charge is 0.449 e. The van der Waals surface area contributed by atoms with Gasteiger partial charge in [0.15, 0.2) is 10.4 Å². The number of para-hydroxylation sites is 1. The second kappa shape index (κ2) is 7.61. The summed E-state index contributed by atoms with van der Waals surface area (Å²) < 4.78 is 17.0.